The highest BCUT2D eigenvalue weighted by Gasteiger charge is 2.18. The molecule has 0 radical (unpaired) electrons. The lowest BCUT2D eigenvalue weighted by atomic mass is 10.2. The zero-order chi connectivity index (χ0) is 22.0. The van der Waals surface area contributed by atoms with Crippen LogP contribution in [0, 0.1) is 6.92 Å². The number of nitrogens with one attached hydrogen (secondary N) is 1. The maximum Gasteiger partial charge on any atom is 0.234 e. The quantitative estimate of drug-likeness (QED) is 0.207. The number of carbonyl (C=O) groups is 1. The van der Waals surface area contributed by atoms with Crippen molar-refractivity contribution in [2.45, 2.75) is 18.6 Å². The predicted molar refractivity (Wildman–Crippen MR) is 131 cm³/mol. The van der Waals surface area contributed by atoms with Gasteiger partial charge in [-0.2, -0.15) is 0 Å². The molecular weight excluding hydrogens is 544 g/mol. The second kappa shape index (κ2) is 9.42. The normalized spacial score (nSPS) is 11.1. The van der Waals surface area contributed by atoms with Gasteiger partial charge in [0.1, 0.15) is 5.58 Å². The van der Waals surface area contributed by atoms with Crippen LogP contribution in [0.2, 0.25) is 0 Å². The van der Waals surface area contributed by atoms with Gasteiger partial charge in [-0.25, -0.2) is 0 Å². The number of rotatable bonds is 7. The number of halogens is 2. The van der Waals surface area contributed by atoms with E-state index in [2.05, 4.69) is 54.0 Å². The molecule has 2 heterocycles. The minimum absolute atomic E-state index is 0.116. The Kier molecular flexibility index (Phi) is 6.64. The highest BCUT2D eigenvalue weighted by molar-refractivity contribution is 9.10. The van der Waals surface area contributed by atoms with Crippen LogP contribution < -0.4 is 5.32 Å². The van der Waals surface area contributed by atoms with Crippen molar-refractivity contribution in [3.05, 3.63) is 69.6 Å². The Morgan fingerprint density at radius 3 is 2.84 bits per heavy atom. The lowest BCUT2D eigenvalue weighted by Gasteiger charge is -2.08. The number of aromatic nitrogens is 3. The molecule has 158 valence electrons. The van der Waals surface area contributed by atoms with Gasteiger partial charge >= 0.3 is 0 Å². The van der Waals surface area contributed by atoms with Gasteiger partial charge in [-0.3, -0.25) is 9.36 Å². The summed E-state index contributed by atoms with van der Waals surface area (Å²) in [4.78, 5) is 12.4. The molecule has 0 fully saturated rings. The van der Waals surface area contributed by atoms with E-state index in [0.29, 0.717) is 23.3 Å². The van der Waals surface area contributed by atoms with E-state index in [-0.39, 0.29) is 11.7 Å². The Hall–Kier alpha value is -2.36. The number of furan rings is 1. The first kappa shape index (κ1) is 21.9. The van der Waals surface area contributed by atoms with Crippen molar-refractivity contribution in [2.24, 2.45) is 0 Å². The molecule has 4 rings (SSSR count). The fraction of sp³-hybridized carbons (Fsp3) is 0.136. The summed E-state index contributed by atoms with van der Waals surface area (Å²) in [6.07, 6.45) is 1.76. The van der Waals surface area contributed by atoms with Crippen LogP contribution in [0.4, 0.5) is 5.69 Å². The van der Waals surface area contributed by atoms with Crippen molar-refractivity contribution in [1.29, 1.82) is 0 Å². The maximum atomic E-state index is 12.4. The smallest absolute Gasteiger partial charge is 0.234 e. The highest BCUT2D eigenvalue weighted by atomic mass is 79.9. The van der Waals surface area contributed by atoms with Gasteiger partial charge in [0.25, 0.3) is 0 Å². The predicted octanol–water partition coefficient (Wildman–Crippen LogP) is 6.44. The summed E-state index contributed by atoms with van der Waals surface area (Å²) in [5.41, 5.74) is 2.58. The van der Waals surface area contributed by atoms with Crippen LogP contribution in [-0.2, 0) is 11.3 Å². The first-order valence-electron chi connectivity index (χ1n) is 9.37. The molecule has 0 aliphatic heterocycles. The van der Waals surface area contributed by atoms with Gasteiger partial charge in [0.15, 0.2) is 10.9 Å². The molecule has 9 heteroatoms. The molecule has 0 aliphatic rings. The summed E-state index contributed by atoms with van der Waals surface area (Å²) in [6, 6.07) is 13.4. The van der Waals surface area contributed by atoms with Crippen molar-refractivity contribution in [3.63, 3.8) is 0 Å². The number of nitrogens with zero attached hydrogens (tertiary/aromatic N) is 3. The molecule has 2 aromatic carbocycles. The van der Waals surface area contributed by atoms with E-state index in [1.54, 1.807) is 6.08 Å². The summed E-state index contributed by atoms with van der Waals surface area (Å²) in [6.45, 7) is 6.30. The van der Waals surface area contributed by atoms with Crippen LogP contribution >= 0.6 is 43.6 Å². The number of anilines is 1. The van der Waals surface area contributed by atoms with E-state index in [4.69, 9.17) is 4.42 Å². The van der Waals surface area contributed by atoms with Crippen molar-refractivity contribution >= 4 is 66.2 Å². The van der Waals surface area contributed by atoms with E-state index in [1.807, 2.05) is 54.0 Å². The molecule has 2 aromatic heterocycles. The van der Waals surface area contributed by atoms with Gasteiger partial charge in [-0.1, -0.05) is 49.7 Å². The van der Waals surface area contributed by atoms with E-state index in [1.165, 1.54) is 11.8 Å². The van der Waals surface area contributed by atoms with Gasteiger partial charge in [0.05, 0.1) is 5.75 Å². The average Bonchev–Trinajstić information content (AvgIpc) is 3.33. The van der Waals surface area contributed by atoms with Crippen LogP contribution in [0.5, 0.6) is 0 Å². The maximum absolute atomic E-state index is 12.4. The monoisotopic (exact) mass is 560 g/mol. The molecule has 0 bridgehead atoms. The number of hydrogen-bond acceptors (Lipinski definition) is 5. The number of amides is 1. The van der Waals surface area contributed by atoms with Gasteiger partial charge in [-0.05, 0) is 55.0 Å². The minimum atomic E-state index is -0.116. The third-order valence-corrected chi connectivity index (χ3v) is 6.85. The number of aryl methyl sites for hydroxylation is 1. The number of allylic oxidation sites excluding steroid dienone is 1. The molecular formula is C22H18Br2N4O2S. The topological polar surface area (TPSA) is 73.0 Å². The summed E-state index contributed by atoms with van der Waals surface area (Å²) in [5, 5.41) is 13.1. The lowest BCUT2D eigenvalue weighted by molar-refractivity contribution is -0.113. The van der Waals surface area contributed by atoms with Crippen LogP contribution in [0.25, 0.3) is 22.6 Å². The molecule has 0 spiro atoms. The van der Waals surface area contributed by atoms with Crippen molar-refractivity contribution in [1.82, 2.24) is 14.8 Å². The molecule has 0 atom stereocenters. The summed E-state index contributed by atoms with van der Waals surface area (Å²) >= 11 is 8.26. The number of hydrogen-bond donors (Lipinski definition) is 1. The van der Waals surface area contributed by atoms with Crippen molar-refractivity contribution in [2.75, 3.05) is 11.1 Å². The first-order valence-corrected chi connectivity index (χ1v) is 11.9. The molecule has 1 amide bonds. The van der Waals surface area contributed by atoms with Gasteiger partial charge in [0, 0.05) is 26.6 Å². The van der Waals surface area contributed by atoms with E-state index < -0.39 is 0 Å². The van der Waals surface area contributed by atoms with E-state index >= 15 is 0 Å². The molecule has 1 N–H and O–H groups in total. The van der Waals surface area contributed by atoms with Crippen LogP contribution in [0.3, 0.4) is 0 Å². The van der Waals surface area contributed by atoms with Crippen LogP contribution in [0.1, 0.15) is 5.56 Å². The zero-order valence-electron chi connectivity index (χ0n) is 16.6. The minimum Gasteiger partial charge on any atom is -0.453 e. The molecule has 0 unspecified atom stereocenters. The number of fused-ring (bicyclic) bond motifs is 1. The van der Waals surface area contributed by atoms with Gasteiger partial charge in [0.2, 0.25) is 11.7 Å². The van der Waals surface area contributed by atoms with E-state index in [0.717, 1.165) is 31.2 Å². The van der Waals surface area contributed by atoms with Crippen molar-refractivity contribution in [3.8, 4) is 11.6 Å². The third kappa shape index (κ3) is 4.94. The fourth-order valence-corrected chi connectivity index (χ4v) is 4.42. The summed E-state index contributed by atoms with van der Waals surface area (Å²) in [5.74, 6) is 1.30. The van der Waals surface area contributed by atoms with Gasteiger partial charge < -0.3 is 9.73 Å². The highest BCUT2D eigenvalue weighted by Crippen LogP contribution is 2.31. The average molecular weight is 562 g/mol. The molecule has 0 aliphatic carbocycles. The Bertz CT molecular complexity index is 1280. The number of benzene rings is 2. The lowest BCUT2D eigenvalue weighted by Crippen LogP contribution is -2.14. The Balaban J connectivity index is 1.52. The Morgan fingerprint density at radius 1 is 1.23 bits per heavy atom. The standard InChI is InChI=1S/C22H18Br2N4O2S/c1-3-8-28-21(19-11-14-10-15(23)4-7-18(14)30-19)26-27-22(28)31-12-20(29)25-16-5-6-17(24)13(2)9-16/h3-7,9-11H,1,8,12H2,2H3,(H,25,29). The zero-order valence-corrected chi connectivity index (χ0v) is 20.6. The van der Waals surface area contributed by atoms with Crippen LogP contribution in [0.15, 0.2) is 73.6 Å². The third-order valence-electron chi connectivity index (χ3n) is 4.50. The second-order valence-electron chi connectivity index (χ2n) is 6.80. The number of thioether (sulfide) groups is 1. The SMILES string of the molecule is C=CCn1c(SCC(=O)Nc2ccc(Br)c(C)c2)nnc1-c1cc2cc(Br)ccc2o1. The summed E-state index contributed by atoms with van der Waals surface area (Å²) in [7, 11) is 0. The molecule has 0 saturated carbocycles. The Morgan fingerprint density at radius 2 is 2.06 bits per heavy atom. The van der Waals surface area contributed by atoms with Gasteiger partial charge in [-0.15, -0.1) is 16.8 Å². The molecule has 0 saturated heterocycles. The summed E-state index contributed by atoms with van der Waals surface area (Å²) < 4.78 is 9.83. The molecule has 6 nitrogen and oxygen atoms in total. The second-order valence-corrected chi connectivity index (χ2v) is 9.51. The molecule has 31 heavy (non-hydrogen) atoms. The van der Waals surface area contributed by atoms with Crippen molar-refractivity contribution < 1.29 is 9.21 Å². The Labute approximate surface area is 200 Å². The largest absolute Gasteiger partial charge is 0.453 e. The first-order chi connectivity index (χ1) is 14.9. The fourth-order valence-electron chi connectivity index (χ4n) is 3.05. The molecule has 4 aromatic rings. The van der Waals surface area contributed by atoms with E-state index in [9.17, 15) is 4.79 Å². The van der Waals surface area contributed by atoms with Crippen LogP contribution in [-0.4, -0.2) is 26.4 Å². The number of carbonyl (C=O) groups excluding carboxylic acids is 1.